The minimum Gasteiger partial charge on any atom is -0.497 e. The van der Waals surface area contributed by atoms with Gasteiger partial charge in [-0.1, -0.05) is 13.0 Å². The van der Waals surface area contributed by atoms with Gasteiger partial charge in [-0.2, -0.15) is 0 Å². The molecule has 1 N–H and O–H groups in total. The Morgan fingerprint density at radius 1 is 1.42 bits per heavy atom. The maximum atomic E-state index is 12.7. The van der Waals surface area contributed by atoms with E-state index in [0.29, 0.717) is 6.42 Å². The number of nitrogens with one attached hydrogen (secondary N) is 1. The van der Waals surface area contributed by atoms with Crippen molar-refractivity contribution in [2.75, 3.05) is 20.7 Å². The fourth-order valence-electron chi connectivity index (χ4n) is 5.54. The molecule has 4 rings (SSSR count). The highest BCUT2D eigenvalue weighted by Gasteiger charge is 2.64. The van der Waals surface area contributed by atoms with Gasteiger partial charge in [0, 0.05) is 31.8 Å². The Hall–Kier alpha value is -2.04. The van der Waals surface area contributed by atoms with Crippen LogP contribution < -0.4 is 10.1 Å². The molecule has 1 spiro atoms. The van der Waals surface area contributed by atoms with Gasteiger partial charge in [0.2, 0.25) is 11.8 Å². The number of hydrogen-bond donors (Lipinski definition) is 1. The van der Waals surface area contributed by atoms with Crippen LogP contribution in [0.15, 0.2) is 18.2 Å². The van der Waals surface area contributed by atoms with E-state index in [4.69, 9.17) is 4.74 Å². The van der Waals surface area contributed by atoms with Gasteiger partial charge in [-0.3, -0.25) is 9.59 Å². The van der Waals surface area contributed by atoms with Crippen molar-refractivity contribution >= 4 is 11.8 Å². The number of ether oxygens (including phenoxy) is 1. The molecule has 1 aromatic carbocycles. The first-order valence-electron chi connectivity index (χ1n) is 8.72. The highest BCUT2D eigenvalue weighted by molar-refractivity contribution is 5.86. The van der Waals surface area contributed by atoms with Crippen molar-refractivity contribution in [1.29, 1.82) is 0 Å². The minimum atomic E-state index is -0.312. The summed E-state index contributed by atoms with van der Waals surface area (Å²) in [6.07, 6.45) is 2.19. The van der Waals surface area contributed by atoms with Crippen molar-refractivity contribution < 1.29 is 14.3 Å². The minimum absolute atomic E-state index is 0.0624. The number of hydrogen-bond acceptors (Lipinski definition) is 3. The second-order valence-corrected chi connectivity index (χ2v) is 7.37. The number of carbonyl (C=O) groups is 2. The second kappa shape index (κ2) is 5.23. The Kier molecular flexibility index (Phi) is 3.37. The number of amides is 2. The molecule has 2 heterocycles. The Balaban J connectivity index is 1.87. The highest BCUT2D eigenvalue weighted by Crippen LogP contribution is 2.60. The number of rotatable bonds is 2. The lowest BCUT2D eigenvalue weighted by Crippen LogP contribution is -2.49. The molecule has 1 saturated carbocycles. The van der Waals surface area contributed by atoms with E-state index >= 15 is 0 Å². The molecule has 1 aliphatic carbocycles. The van der Waals surface area contributed by atoms with Gasteiger partial charge in [0.25, 0.3) is 0 Å². The van der Waals surface area contributed by atoms with Crippen LogP contribution in [0, 0.1) is 17.8 Å². The SMILES string of the molecule is CNC(=O)C1C2CC(=O)N3CCc4cc(OC)ccc4[C@@]23C[C@@H]1C. The van der Waals surface area contributed by atoms with Gasteiger partial charge < -0.3 is 15.0 Å². The van der Waals surface area contributed by atoms with Gasteiger partial charge in [-0.15, -0.1) is 0 Å². The smallest absolute Gasteiger partial charge is 0.223 e. The molecule has 24 heavy (non-hydrogen) atoms. The van der Waals surface area contributed by atoms with Gasteiger partial charge >= 0.3 is 0 Å². The molecule has 3 aliphatic rings. The van der Waals surface area contributed by atoms with E-state index in [9.17, 15) is 9.59 Å². The summed E-state index contributed by atoms with van der Waals surface area (Å²) in [6, 6.07) is 6.19. The largest absolute Gasteiger partial charge is 0.497 e. The van der Waals surface area contributed by atoms with Crippen LogP contribution in [0.3, 0.4) is 0 Å². The van der Waals surface area contributed by atoms with E-state index in [0.717, 1.165) is 25.1 Å². The summed E-state index contributed by atoms with van der Waals surface area (Å²) in [6.45, 7) is 2.89. The number of fused-ring (bicyclic) bond motifs is 1. The molecule has 0 bridgehead atoms. The van der Waals surface area contributed by atoms with Crippen LogP contribution in [0.25, 0.3) is 0 Å². The first-order valence-corrected chi connectivity index (χ1v) is 8.72. The zero-order valence-corrected chi connectivity index (χ0v) is 14.5. The molecule has 2 aliphatic heterocycles. The monoisotopic (exact) mass is 328 g/mol. The van der Waals surface area contributed by atoms with Crippen LogP contribution >= 0.6 is 0 Å². The number of methoxy groups -OCH3 is 1. The first-order chi connectivity index (χ1) is 11.5. The Morgan fingerprint density at radius 3 is 2.92 bits per heavy atom. The van der Waals surface area contributed by atoms with Crippen LogP contribution in [0.5, 0.6) is 5.75 Å². The summed E-state index contributed by atoms with van der Waals surface area (Å²) in [5.74, 6) is 1.35. The molecule has 4 atom stereocenters. The molecule has 0 aromatic heterocycles. The second-order valence-electron chi connectivity index (χ2n) is 7.37. The van der Waals surface area contributed by atoms with Crippen LogP contribution in [0.4, 0.5) is 0 Å². The first kappa shape index (κ1) is 15.5. The summed E-state index contributed by atoms with van der Waals surface area (Å²) in [4.78, 5) is 27.2. The van der Waals surface area contributed by atoms with Crippen LogP contribution in [0.2, 0.25) is 0 Å². The van der Waals surface area contributed by atoms with Crippen LogP contribution in [-0.2, 0) is 21.5 Å². The van der Waals surface area contributed by atoms with Crippen molar-refractivity contribution in [2.45, 2.75) is 31.7 Å². The quantitative estimate of drug-likeness (QED) is 0.899. The number of nitrogens with zero attached hydrogens (tertiary/aromatic N) is 1. The van der Waals surface area contributed by atoms with E-state index in [-0.39, 0.29) is 35.1 Å². The molecule has 128 valence electrons. The third kappa shape index (κ3) is 1.81. The molecule has 2 amide bonds. The molecular weight excluding hydrogens is 304 g/mol. The maximum Gasteiger partial charge on any atom is 0.223 e. The number of carbonyl (C=O) groups excluding carboxylic acids is 2. The zero-order valence-electron chi connectivity index (χ0n) is 14.5. The van der Waals surface area contributed by atoms with Crippen molar-refractivity contribution in [3.8, 4) is 5.75 Å². The van der Waals surface area contributed by atoms with Crippen molar-refractivity contribution in [2.24, 2.45) is 17.8 Å². The Bertz CT molecular complexity index is 717. The normalized spacial score (nSPS) is 33.7. The summed E-state index contributed by atoms with van der Waals surface area (Å²) in [7, 11) is 3.37. The lowest BCUT2D eigenvalue weighted by Gasteiger charge is -2.44. The van der Waals surface area contributed by atoms with Gasteiger partial charge in [-0.05, 0) is 42.0 Å². The lowest BCUT2D eigenvalue weighted by molar-refractivity contribution is -0.132. The fraction of sp³-hybridized carbons (Fsp3) is 0.579. The van der Waals surface area contributed by atoms with Gasteiger partial charge in [0.15, 0.2) is 0 Å². The highest BCUT2D eigenvalue weighted by atomic mass is 16.5. The summed E-state index contributed by atoms with van der Waals surface area (Å²) in [5.41, 5.74) is 2.17. The van der Waals surface area contributed by atoms with E-state index in [1.54, 1.807) is 14.2 Å². The third-order valence-corrected chi connectivity index (χ3v) is 6.40. The Labute approximate surface area is 142 Å². The number of benzene rings is 1. The van der Waals surface area contributed by atoms with Crippen molar-refractivity contribution in [3.63, 3.8) is 0 Å². The molecule has 1 aromatic rings. The Morgan fingerprint density at radius 2 is 2.21 bits per heavy atom. The average molecular weight is 328 g/mol. The van der Waals surface area contributed by atoms with E-state index < -0.39 is 0 Å². The summed E-state index contributed by atoms with van der Waals surface area (Å²) in [5, 5.41) is 2.81. The molecule has 2 fully saturated rings. The zero-order chi connectivity index (χ0) is 17.1. The molecule has 0 radical (unpaired) electrons. The standard InChI is InChI=1S/C19H24N2O3/c1-11-10-19-14-5-4-13(24-3)8-12(14)6-7-21(19)16(22)9-15(19)17(11)18(23)20-2/h4-5,8,11,15,17H,6-7,9-10H2,1-3H3,(H,20,23)/t11-,15?,17?,19-/m0/s1. The van der Waals surface area contributed by atoms with Crippen molar-refractivity contribution in [3.05, 3.63) is 29.3 Å². The molecular formula is C19H24N2O3. The van der Waals surface area contributed by atoms with E-state index in [1.807, 2.05) is 6.07 Å². The molecule has 5 nitrogen and oxygen atoms in total. The van der Waals surface area contributed by atoms with Gasteiger partial charge in [0.1, 0.15) is 5.75 Å². The van der Waals surface area contributed by atoms with Crippen LogP contribution in [0.1, 0.15) is 30.9 Å². The third-order valence-electron chi connectivity index (χ3n) is 6.40. The predicted molar refractivity (Wildman–Crippen MR) is 89.5 cm³/mol. The molecule has 5 heteroatoms. The lowest BCUT2D eigenvalue weighted by atomic mass is 9.74. The van der Waals surface area contributed by atoms with Gasteiger partial charge in [0.05, 0.1) is 12.6 Å². The molecule has 2 unspecified atom stereocenters. The van der Waals surface area contributed by atoms with Crippen LogP contribution in [-0.4, -0.2) is 37.4 Å². The van der Waals surface area contributed by atoms with E-state index in [2.05, 4.69) is 29.3 Å². The van der Waals surface area contributed by atoms with Gasteiger partial charge in [-0.25, -0.2) is 0 Å². The molecule has 1 saturated heterocycles. The summed E-state index contributed by atoms with van der Waals surface area (Å²) < 4.78 is 5.37. The topological polar surface area (TPSA) is 58.6 Å². The van der Waals surface area contributed by atoms with E-state index in [1.165, 1.54) is 11.1 Å². The maximum absolute atomic E-state index is 12.7. The predicted octanol–water partition coefficient (Wildman–Crippen LogP) is 1.70. The summed E-state index contributed by atoms with van der Waals surface area (Å²) >= 11 is 0. The fourth-order valence-corrected chi connectivity index (χ4v) is 5.54. The average Bonchev–Trinajstić information content (AvgIpc) is 3.01. The van der Waals surface area contributed by atoms with Crippen molar-refractivity contribution in [1.82, 2.24) is 10.2 Å².